The number of likely N-dealkylation sites (tertiary alicyclic amines) is 1. The van der Waals surface area contributed by atoms with Gasteiger partial charge in [-0.1, -0.05) is 0 Å². The highest BCUT2D eigenvalue weighted by Crippen LogP contribution is 2.28. The van der Waals surface area contributed by atoms with Crippen molar-refractivity contribution in [2.45, 2.75) is 53.0 Å². The van der Waals surface area contributed by atoms with Crippen LogP contribution in [0.4, 0.5) is 5.95 Å². The summed E-state index contributed by atoms with van der Waals surface area (Å²) < 4.78 is 0. The van der Waals surface area contributed by atoms with Crippen molar-refractivity contribution in [1.29, 1.82) is 0 Å². The van der Waals surface area contributed by atoms with Gasteiger partial charge in [0, 0.05) is 31.1 Å². The van der Waals surface area contributed by atoms with Crippen molar-refractivity contribution in [3.05, 3.63) is 41.0 Å². The van der Waals surface area contributed by atoms with Crippen molar-refractivity contribution in [3.8, 4) is 0 Å². The Labute approximate surface area is 155 Å². The Hall–Kier alpha value is -2.21. The summed E-state index contributed by atoms with van der Waals surface area (Å²) in [6, 6.07) is 4.66. The highest BCUT2D eigenvalue weighted by molar-refractivity contribution is 5.86. The molecule has 0 saturated carbocycles. The highest BCUT2D eigenvalue weighted by Gasteiger charge is 2.26. The van der Waals surface area contributed by atoms with E-state index >= 15 is 0 Å². The number of hydrogen-bond acceptors (Lipinski definition) is 4. The Balaban J connectivity index is 1.63. The number of carbonyl (C=O) groups excluding carboxylic acids is 1. The van der Waals surface area contributed by atoms with E-state index in [-0.39, 0.29) is 11.9 Å². The fraction of sp³-hybridized carbons (Fsp3) is 0.550. The zero-order valence-electron chi connectivity index (χ0n) is 16.2. The topological polar surface area (TPSA) is 73.9 Å². The predicted octanol–water partition coefficient (Wildman–Crippen LogP) is 3.40. The van der Waals surface area contributed by atoms with Gasteiger partial charge in [0.05, 0.1) is 11.7 Å². The van der Waals surface area contributed by atoms with Crippen LogP contribution in [-0.2, 0) is 11.2 Å². The zero-order valence-corrected chi connectivity index (χ0v) is 16.2. The monoisotopic (exact) mass is 355 g/mol. The fourth-order valence-electron chi connectivity index (χ4n) is 3.96. The number of nitrogens with one attached hydrogen (secondary N) is 2. The summed E-state index contributed by atoms with van der Waals surface area (Å²) in [5, 5.41) is 2.70. The normalized spacial score (nSPS) is 19.3. The van der Waals surface area contributed by atoms with Gasteiger partial charge in [-0.25, -0.2) is 4.98 Å². The van der Waals surface area contributed by atoms with E-state index in [0.29, 0.717) is 11.9 Å². The largest absolute Gasteiger partial charge is 0.330 e. The summed E-state index contributed by atoms with van der Waals surface area (Å²) in [5.41, 5.74) is 4.57. The average molecular weight is 355 g/mol. The lowest BCUT2D eigenvalue weighted by atomic mass is 9.90. The molecule has 1 saturated heterocycles. The molecule has 2 aromatic heterocycles. The lowest BCUT2D eigenvalue weighted by molar-refractivity contribution is -0.114. The Bertz CT molecular complexity index is 749. The molecule has 6 nitrogen and oxygen atoms in total. The van der Waals surface area contributed by atoms with E-state index in [2.05, 4.69) is 58.1 Å². The zero-order chi connectivity index (χ0) is 18.7. The summed E-state index contributed by atoms with van der Waals surface area (Å²) in [5.74, 6) is 1.07. The minimum atomic E-state index is -0.112. The number of nitrogens with zero attached hydrogens (tertiary/aromatic N) is 3. The summed E-state index contributed by atoms with van der Waals surface area (Å²) >= 11 is 0. The van der Waals surface area contributed by atoms with Crippen molar-refractivity contribution in [1.82, 2.24) is 19.9 Å². The molecule has 26 heavy (non-hydrogen) atoms. The molecule has 1 aliphatic heterocycles. The van der Waals surface area contributed by atoms with Crippen LogP contribution in [-0.4, -0.2) is 38.8 Å². The SMILES string of the molecule is CC(=O)Nc1nc(C(C)N2CCC[C@H](Cc3cc(C)nc(C)c3)C2)c[nH]1. The van der Waals surface area contributed by atoms with Crippen molar-refractivity contribution in [2.24, 2.45) is 5.92 Å². The molecule has 140 valence electrons. The first kappa shape index (κ1) is 18.6. The van der Waals surface area contributed by atoms with Gasteiger partial charge >= 0.3 is 0 Å². The maximum atomic E-state index is 11.2. The maximum absolute atomic E-state index is 11.2. The van der Waals surface area contributed by atoms with Crippen LogP contribution in [0.25, 0.3) is 0 Å². The molecule has 1 fully saturated rings. The number of aromatic amines is 1. The third-order valence-electron chi connectivity index (χ3n) is 5.08. The molecule has 0 spiro atoms. The summed E-state index contributed by atoms with van der Waals surface area (Å²) in [4.78, 5) is 25.7. The number of rotatable bonds is 5. The van der Waals surface area contributed by atoms with E-state index in [1.165, 1.54) is 25.3 Å². The van der Waals surface area contributed by atoms with Crippen LogP contribution >= 0.6 is 0 Å². The van der Waals surface area contributed by atoms with E-state index in [1.54, 1.807) is 0 Å². The minimum Gasteiger partial charge on any atom is -0.330 e. The summed E-state index contributed by atoms with van der Waals surface area (Å²) in [7, 11) is 0. The molecule has 2 atom stereocenters. The van der Waals surface area contributed by atoms with Gasteiger partial charge < -0.3 is 4.98 Å². The van der Waals surface area contributed by atoms with Gasteiger partial charge in [-0.2, -0.15) is 0 Å². The van der Waals surface area contributed by atoms with Gasteiger partial charge in [-0.15, -0.1) is 0 Å². The van der Waals surface area contributed by atoms with Crippen LogP contribution in [0.2, 0.25) is 0 Å². The Morgan fingerprint density at radius 1 is 1.35 bits per heavy atom. The molecule has 0 bridgehead atoms. The fourth-order valence-corrected chi connectivity index (χ4v) is 3.96. The Morgan fingerprint density at radius 3 is 2.77 bits per heavy atom. The number of anilines is 1. The summed E-state index contributed by atoms with van der Waals surface area (Å²) in [6.07, 6.45) is 5.47. The molecule has 1 unspecified atom stereocenters. The van der Waals surface area contributed by atoms with E-state index in [1.807, 2.05) is 6.20 Å². The molecule has 0 aromatic carbocycles. The first-order chi connectivity index (χ1) is 12.4. The van der Waals surface area contributed by atoms with Crippen LogP contribution in [0.1, 0.15) is 55.4 Å². The molecular formula is C20H29N5O. The second-order valence-electron chi connectivity index (χ2n) is 7.50. The van der Waals surface area contributed by atoms with Crippen molar-refractivity contribution in [2.75, 3.05) is 18.4 Å². The van der Waals surface area contributed by atoms with Crippen LogP contribution in [0.15, 0.2) is 18.3 Å². The van der Waals surface area contributed by atoms with Gasteiger partial charge in [0.15, 0.2) is 0 Å². The molecule has 1 aliphatic rings. The van der Waals surface area contributed by atoms with Gasteiger partial charge in [0.25, 0.3) is 0 Å². The average Bonchev–Trinajstić information content (AvgIpc) is 3.01. The predicted molar refractivity (Wildman–Crippen MR) is 103 cm³/mol. The highest BCUT2D eigenvalue weighted by atomic mass is 16.1. The number of H-pyrrole nitrogens is 1. The molecule has 3 rings (SSSR count). The lowest BCUT2D eigenvalue weighted by Crippen LogP contribution is -2.38. The molecule has 6 heteroatoms. The van der Waals surface area contributed by atoms with Gasteiger partial charge in [0.1, 0.15) is 0 Å². The minimum absolute atomic E-state index is 0.112. The van der Waals surface area contributed by atoms with Gasteiger partial charge in [-0.3, -0.25) is 20.0 Å². The molecule has 0 radical (unpaired) electrons. The van der Waals surface area contributed by atoms with E-state index in [4.69, 9.17) is 0 Å². The van der Waals surface area contributed by atoms with Crippen molar-refractivity contribution < 1.29 is 4.79 Å². The van der Waals surface area contributed by atoms with Crippen LogP contribution in [0.5, 0.6) is 0 Å². The van der Waals surface area contributed by atoms with Crippen molar-refractivity contribution in [3.63, 3.8) is 0 Å². The molecule has 1 amide bonds. The number of carbonyl (C=O) groups is 1. The maximum Gasteiger partial charge on any atom is 0.223 e. The van der Waals surface area contributed by atoms with Crippen LogP contribution in [0.3, 0.4) is 0 Å². The van der Waals surface area contributed by atoms with Gasteiger partial charge in [0.2, 0.25) is 11.9 Å². The van der Waals surface area contributed by atoms with E-state index in [9.17, 15) is 4.79 Å². The van der Waals surface area contributed by atoms with E-state index in [0.717, 1.165) is 36.6 Å². The van der Waals surface area contributed by atoms with Crippen molar-refractivity contribution >= 4 is 11.9 Å². The Morgan fingerprint density at radius 2 is 2.08 bits per heavy atom. The van der Waals surface area contributed by atoms with Crippen LogP contribution in [0, 0.1) is 19.8 Å². The first-order valence-corrected chi connectivity index (χ1v) is 9.42. The quantitative estimate of drug-likeness (QED) is 0.862. The molecule has 2 N–H and O–H groups in total. The van der Waals surface area contributed by atoms with Crippen LogP contribution < -0.4 is 5.32 Å². The molecule has 0 aliphatic carbocycles. The number of hydrogen-bond donors (Lipinski definition) is 2. The third kappa shape index (κ3) is 4.69. The lowest BCUT2D eigenvalue weighted by Gasteiger charge is -2.36. The second-order valence-corrected chi connectivity index (χ2v) is 7.50. The first-order valence-electron chi connectivity index (χ1n) is 9.42. The standard InChI is InChI=1S/C20H29N5O/c1-13-8-18(9-14(2)22-13)10-17-6-5-7-25(12-17)15(3)19-11-21-20(24-19)23-16(4)26/h8-9,11,15,17H,5-7,10,12H2,1-4H3,(H2,21,23,24,26)/t15?,17-/m1/s1. The number of pyridine rings is 1. The second kappa shape index (κ2) is 7.99. The molecule has 3 heterocycles. The number of aryl methyl sites for hydroxylation is 2. The van der Waals surface area contributed by atoms with E-state index < -0.39 is 0 Å². The number of aromatic nitrogens is 3. The number of imidazole rings is 1. The van der Waals surface area contributed by atoms with Gasteiger partial charge in [-0.05, 0) is 70.2 Å². The summed E-state index contributed by atoms with van der Waals surface area (Å²) in [6.45, 7) is 9.98. The molecule has 2 aromatic rings. The third-order valence-corrected chi connectivity index (χ3v) is 5.08. The number of amides is 1. The number of piperidine rings is 1. The smallest absolute Gasteiger partial charge is 0.223 e. The Kier molecular flexibility index (Phi) is 5.71. The molecular weight excluding hydrogens is 326 g/mol.